The molecule has 0 aliphatic rings. The van der Waals surface area contributed by atoms with Gasteiger partial charge in [0.15, 0.2) is 6.10 Å². The summed E-state index contributed by atoms with van der Waals surface area (Å²) in [7, 11) is 0. The molecule has 1 heterocycles. The maximum Gasteiger partial charge on any atom is 0.355 e. The summed E-state index contributed by atoms with van der Waals surface area (Å²) in [5.41, 5.74) is 0.277. The second-order valence-electron chi connectivity index (χ2n) is 7.95. The van der Waals surface area contributed by atoms with E-state index in [1.165, 1.54) is 4.57 Å². The number of aliphatic hydroxyl groups excluding tert-OH is 1. The van der Waals surface area contributed by atoms with Crippen LogP contribution in [0.25, 0.3) is 0 Å². The van der Waals surface area contributed by atoms with Crippen molar-refractivity contribution in [2.24, 2.45) is 0 Å². The molecule has 3 aromatic rings. The van der Waals surface area contributed by atoms with Crippen molar-refractivity contribution < 1.29 is 19.7 Å². The lowest BCUT2D eigenvalue weighted by molar-refractivity contribution is -0.147. The Morgan fingerprint density at radius 2 is 1.82 bits per heavy atom. The standard InChI is InChI=1S/C23H25ClN4O6/c1-13(2)34-19-9-8-17(10-14(19)3)25-21-26-22(32)28(12-18(29)20(30)31)23(33)27(21)11-15-4-6-16(24)7-5-15/h4-10,13,18,29H,11-12H2,1-3H3,(H,30,31)(H,25,26,32). The number of carboxylic acids is 1. The average molecular weight is 489 g/mol. The maximum atomic E-state index is 13.2. The van der Waals surface area contributed by atoms with E-state index in [9.17, 15) is 19.5 Å². The minimum absolute atomic E-state index is 0.00234. The number of benzene rings is 2. The first kappa shape index (κ1) is 25.0. The molecule has 2 aromatic carbocycles. The monoisotopic (exact) mass is 488 g/mol. The number of aromatic nitrogens is 3. The highest BCUT2D eigenvalue weighted by molar-refractivity contribution is 6.30. The average Bonchev–Trinajstić information content (AvgIpc) is 2.76. The molecule has 34 heavy (non-hydrogen) atoms. The van der Waals surface area contributed by atoms with Crippen LogP contribution in [0, 0.1) is 6.92 Å². The highest BCUT2D eigenvalue weighted by Crippen LogP contribution is 2.24. The Labute approximate surface area is 200 Å². The molecule has 0 saturated carbocycles. The predicted molar refractivity (Wildman–Crippen MR) is 127 cm³/mol. The van der Waals surface area contributed by atoms with Crippen molar-refractivity contribution in [3.63, 3.8) is 0 Å². The van der Waals surface area contributed by atoms with Crippen molar-refractivity contribution in [3.05, 3.63) is 79.6 Å². The van der Waals surface area contributed by atoms with Crippen molar-refractivity contribution in [3.8, 4) is 5.75 Å². The third kappa shape index (κ3) is 6.03. The van der Waals surface area contributed by atoms with Gasteiger partial charge in [0.25, 0.3) is 0 Å². The predicted octanol–water partition coefficient (Wildman–Crippen LogP) is 2.39. The lowest BCUT2D eigenvalue weighted by Gasteiger charge is -2.17. The first-order chi connectivity index (χ1) is 16.0. The molecule has 1 aromatic heterocycles. The zero-order valence-corrected chi connectivity index (χ0v) is 19.6. The number of rotatable bonds is 9. The van der Waals surface area contributed by atoms with Crippen molar-refractivity contribution in [2.45, 2.75) is 46.1 Å². The second-order valence-corrected chi connectivity index (χ2v) is 8.39. The van der Waals surface area contributed by atoms with Gasteiger partial charge in [-0.1, -0.05) is 23.7 Å². The number of nitrogens with one attached hydrogen (secondary N) is 1. The van der Waals surface area contributed by atoms with Gasteiger partial charge in [-0.3, -0.25) is 4.57 Å². The fourth-order valence-corrected chi connectivity index (χ4v) is 3.32. The number of nitrogens with zero attached hydrogens (tertiary/aromatic N) is 3. The van der Waals surface area contributed by atoms with Gasteiger partial charge in [0.1, 0.15) is 5.75 Å². The van der Waals surface area contributed by atoms with E-state index in [1.54, 1.807) is 42.5 Å². The van der Waals surface area contributed by atoms with E-state index >= 15 is 0 Å². The summed E-state index contributed by atoms with van der Waals surface area (Å²) in [6, 6.07) is 12.0. The van der Waals surface area contributed by atoms with E-state index in [0.29, 0.717) is 26.6 Å². The largest absolute Gasteiger partial charge is 0.491 e. The first-order valence-electron chi connectivity index (χ1n) is 10.5. The molecule has 0 saturated heterocycles. The molecule has 180 valence electrons. The van der Waals surface area contributed by atoms with Gasteiger partial charge < -0.3 is 20.3 Å². The van der Waals surface area contributed by atoms with Crippen molar-refractivity contribution in [1.82, 2.24) is 14.1 Å². The van der Waals surface area contributed by atoms with Crippen LogP contribution >= 0.6 is 11.6 Å². The lowest BCUT2D eigenvalue weighted by atomic mass is 10.2. The van der Waals surface area contributed by atoms with Crippen LogP contribution in [0.2, 0.25) is 5.02 Å². The van der Waals surface area contributed by atoms with Crippen molar-refractivity contribution in [1.29, 1.82) is 0 Å². The minimum atomic E-state index is -1.94. The number of hydrogen-bond donors (Lipinski definition) is 3. The number of aryl methyl sites for hydroxylation is 1. The zero-order chi connectivity index (χ0) is 25.0. The highest BCUT2D eigenvalue weighted by atomic mass is 35.5. The number of halogens is 1. The SMILES string of the molecule is Cc1cc(Nc2nc(=O)n(CC(O)C(=O)O)c(=O)n2Cc2ccc(Cl)cc2)ccc1OC(C)C. The van der Waals surface area contributed by atoms with E-state index in [1.807, 2.05) is 20.8 Å². The Bertz CT molecular complexity index is 1300. The zero-order valence-electron chi connectivity index (χ0n) is 18.9. The van der Waals surface area contributed by atoms with Crippen LogP contribution in [0.4, 0.5) is 11.6 Å². The molecule has 3 N–H and O–H groups in total. The van der Waals surface area contributed by atoms with Crippen LogP contribution in [0.15, 0.2) is 52.1 Å². The number of aliphatic hydroxyl groups is 1. The summed E-state index contributed by atoms with van der Waals surface area (Å²) >= 11 is 5.94. The fourth-order valence-electron chi connectivity index (χ4n) is 3.19. The van der Waals surface area contributed by atoms with Crippen LogP contribution in [-0.4, -0.2) is 42.5 Å². The first-order valence-corrected chi connectivity index (χ1v) is 10.8. The molecular formula is C23H25ClN4O6. The van der Waals surface area contributed by atoms with Crippen LogP contribution in [0.3, 0.4) is 0 Å². The van der Waals surface area contributed by atoms with Crippen LogP contribution < -0.4 is 21.4 Å². The van der Waals surface area contributed by atoms with Gasteiger partial charge in [-0.2, -0.15) is 4.98 Å². The number of anilines is 2. The highest BCUT2D eigenvalue weighted by Gasteiger charge is 2.20. The molecule has 0 bridgehead atoms. The molecule has 0 aliphatic carbocycles. The summed E-state index contributed by atoms with van der Waals surface area (Å²) in [4.78, 5) is 40.7. The van der Waals surface area contributed by atoms with Gasteiger partial charge in [-0.05, 0) is 62.2 Å². The minimum Gasteiger partial charge on any atom is -0.491 e. The molecule has 1 atom stereocenters. The molecule has 0 spiro atoms. The van der Waals surface area contributed by atoms with Crippen molar-refractivity contribution >= 4 is 29.2 Å². The molecule has 1 unspecified atom stereocenters. The Morgan fingerprint density at radius 1 is 1.15 bits per heavy atom. The van der Waals surface area contributed by atoms with Gasteiger partial charge in [-0.15, -0.1) is 0 Å². The van der Waals surface area contributed by atoms with E-state index in [4.69, 9.17) is 21.4 Å². The normalized spacial score (nSPS) is 11.9. The topological polar surface area (TPSA) is 136 Å². The van der Waals surface area contributed by atoms with Gasteiger partial charge in [-0.25, -0.2) is 19.0 Å². The molecule has 3 rings (SSSR count). The number of aliphatic carboxylic acids is 1. The quantitative estimate of drug-likeness (QED) is 0.417. The number of hydrogen-bond acceptors (Lipinski definition) is 7. The van der Waals surface area contributed by atoms with Gasteiger partial charge in [0.05, 0.1) is 19.2 Å². The lowest BCUT2D eigenvalue weighted by Crippen LogP contribution is -2.45. The summed E-state index contributed by atoms with van der Waals surface area (Å²) < 4.78 is 7.51. The number of ether oxygens (including phenoxy) is 1. The number of carboxylic acid groups (broad SMARTS) is 1. The van der Waals surface area contributed by atoms with Crippen LogP contribution in [-0.2, 0) is 17.9 Å². The van der Waals surface area contributed by atoms with Gasteiger partial charge in [0, 0.05) is 10.7 Å². The summed E-state index contributed by atoms with van der Waals surface area (Å²) in [5.74, 6) is -0.898. The van der Waals surface area contributed by atoms with Crippen LogP contribution in [0.5, 0.6) is 5.75 Å². The maximum absolute atomic E-state index is 13.2. The summed E-state index contributed by atoms with van der Waals surface area (Å²) in [5, 5.41) is 22.2. The van der Waals surface area contributed by atoms with Gasteiger partial charge in [0.2, 0.25) is 5.95 Å². The third-order valence-electron chi connectivity index (χ3n) is 4.84. The van der Waals surface area contributed by atoms with Crippen LogP contribution in [0.1, 0.15) is 25.0 Å². The van der Waals surface area contributed by atoms with E-state index in [0.717, 1.165) is 5.56 Å². The molecule has 11 heteroatoms. The summed E-state index contributed by atoms with van der Waals surface area (Å²) in [6.45, 7) is 4.98. The smallest absolute Gasteiger partial charge is 0.355 e. The van der Waals surface area contributed by atoms with E-state index in [2.05, 4.69) is 10.3 Å². The molecule has 10 nitrogen and oxygen atoms in total. The number of carbonyl (C=O) groups is 1. The molecule has 0 fully saturated rings. The molecule has 0 amide bonds. The molecule has 0 radical (unpaired) electrons. The van der Waals surface area contributed by atoms with Gasteiger partial charge >= 0.3 is 17.3 Å². The van der Waals surface area contributed by atoms with E-state index < -0.39 is 30.0 Å². The molecular weight excluding hydrogens is 464 g/mol. The third-order valence-corrected chi connectivity index (χ3v) is 5.09. The fraction of sp³-hybridized carbons (Fsp3) is 0.304. The Balaban J connectivity index is 2.05. The Morgan fingerprint density at radius 3 is 2.41 bits per heavy atom. The van der Waals surface area contributed by atoms with E-state index in [-0.39, 0.29) is 18.6 Å². The Hall–Kier alpha value is -3.63. The second kappa shape index (κ2) is 10.5. The molecule has 0 aliphatic heterocycles. The van der Waals surface area contributed by atoms with Crippen molar-refractivity contribution in [2.75, 3.05) is 5.32 Å². The Kier molecular flexibility index (Phi) is 7.75. The summed E-state index contributed by atoms with van der Waals surface area (Å²) in [6.07, 6.45) is -1.94.